The van der Waals surface area contributed by atoms with Crippen LogP contribution in [0, 0.1) is 0 Å². The second-order valence-corrected chi connectivity index (χ2v) is 3.90. The van der Waals surface area contributed by atoms with Gasteiger partial charge in [0.25, 0.3) is 0 Å². The second-order valence-electron chi connectivity index (χ2n) is 3.90. The minimum absolute atomic E-state index is 0.147. The van der Waals surface area contributed by atoms with Crippen LogP contribution in [0.2, 0.25) is 0 Å². The summed E-state index contributed by atoms with van der Waals surface area (Å²) in [5, 5.41) is 8.25. The van der Waals surface area contributed by atoms with E-state index < -0.39 is 6.04 Å². The van der Waals surface area contributed by atoms with Crippen molar-refractivity contribution in [3.05, 3.63) is 30.3 Å². The van der Waals surface area contributed by atoms with E-state index in [1.807, 2.05) is 37.3 Å². The Labute approximate surface area is 107 Å². The van der Waals surface area contributed by atoms with Crippen LogP contribution in [0.3, 0.4) is 0 Å². The van der Waals surface area contributed by atoms with Gasteiger partial charge in [-0.3, -0.25) is 9.59 Å². The molecule has 0 heterocycles. The molecule has 0 fully saturated rings. The molecule has 2 amide bonds. The van der Waals surface area contributed by atoms with Gasteiger partial charge < -0.3 is 16.0 Å². The summed E-state index contributed by atoms with van der Waals surface area (Å²) in [5.41, 5.74) is 0.873. The molecule has 0 radical (unpaired) electrons. The summed E-state index contributed by atoms with van der Waals surface area (Å²) in [7, 11) is 0. The van der Waals surface area contributed by atoms with Gasteiger partial charge in [-0.15, -0.1) is 0 Å². The average Bonchev–Trinajstić information content (AvgIpc) is 2.38. The smallest absolute Gasteiger partial charge is 0.242 e. The minimum Gasteiger partial charge on any atom is -0.376 e. The molecule has 0 spiro atoms. The number of nitrogens with one attached hydrogen (secondary N) is 3. The molecule has 0 aromatic heterocycles. The van der Waals surface area contributed by atoms with Gasteiger partial charge in [0.1, 0.15) is 6.04 Å². The third-order valence-electron chi connectivity index (χ3n) is 2.35. The first-order valence-corrected chi connectivity index (χ1v) is 5.99. The summed E-state index contributed by atoms with van der Waals surface area (Å²) in [6.07, 6.45) is 0. The zero-order valence-electron chi connectivity index (χ0n) is 10.7. The zero-order valence-corrected chi connectivity index (χ0v) is 10.7. The lowest BCUT2D eigenvalue weighted by atomic mass is 10.3. The van der Waals surface area contributed by atoms with Crippen LogP contribution in [0.1, 0.15) is 13.8 Å². The van der Waals surface area contributed by atoms with Crippen molar-refractivity contribution in [2.24, 2.45) is 0 Å². The van der Waals surface area contributed by atoms with Crippen molar-refractivity contribution in [3.63, 3.8) is 0 Å². The van der Waals surface area contributed by atoms with Gasteiger partial charge in [0.15, 0.2) is 0 Å². The van der Waals surface area contributed by atoms with Crippen molar-refractivity contribution in [3.8, 4) is 0 Å². The second kappa shape index (κ2) is 7.32. The van der Waals surface area contributed by atoms with Gasteiger partial charge in [-0.25, -0.2) is 0 Å². The maximum Gasteiger partial charge on any atom is 0.242 e. The molecule has 5 heteroatoms. The SMILES string of the molecule is CCNC(=O)C(C)NC(=O)CNc1ccccc1. The Morgan fingerprint density at radius 1 is 1.22 bits per heavy atom. The van der Waals surface area contributed by atoms with Crippen molar-refractivity contribution >= 4 is 17.5 Å². The molecule has 1 unspecified atom stereocenters. The van der Waals surface area contributed by atoms with E-state index in [1.165, 1.54) is 0 Å². The Morgan fingerprint density at radius 2 is 1.89 bits per heavy atom. The molecule has 18 heavy (non-hydrogen) atoms. The third-order valence-corrected chi connectivity index (χ3v) is 2.35. The molecule has 1 aromatic carbocycles. The van der Waals surface area contributed by atoms with Gasteiger partial charge >= 0.3 is 0 Å². The molecule has 0 aliphatic heterocycles. The summed E-state index contributed by atoms with van der Waals surface area (Å²) < 4.78 is 0. The quantitative estimate of drug-likeness (QED) is 0.696. The molecule has 0 aliphatic rings. The van der Waals surface area contributed by atoms with E-state index in [1.54, 1.807) is 6.92 Å². The van der Waals surface area contributed by atoms with Crippen LogP contribution in [-0.2, 0) is 9.59 Å². The van der Waals surface area contributed by atoms with Crippen LogP contribution in [0.5, 0.6) is 0 Å². The zero-order chi connectivity index (χ0) is 13.4. The van der Waals surface area contributed by atoms with Crippen LogP contribution >= 0.6 is 0 Å². The van der Waals surface area contributed by atoms with Gasteiger partial charge in [0.2, 0.25) is 11.8 Å². The molecular formula is C13H19N3O2. The Bertz CT molecular complexity index is 392. The molecular weight excluding hydrogens is 230 g/mol. The Morgan fingerprint density at radius 3 is 2.50 bits per heavy atom. The van der Waals surface area contributed by atoms with E-state index in [9.17, 15) is 9.59 Å². The van der Waals surface area contributed by atoms with Gasteiger partial charge in [0.05, 0.1) is 6.54 Å². The van der Waals surface area contributed by atoms with Crippen molar-refractivity contribution < 1.29 is 9.59 Å². The average molecular weight is 249 g/mol. The number of rotatable bonds is 6. The number of anilines is 1. The fourth-order valence-electron chi connectivity index (χ4n) is 1.42. The largest absolute Gasteiger partial charge is 0.376 e. The minimum atomic E-state index is -0.518. The summed E-state index contributed by atoms with van der Waals surface area (Å²) in [6.45, 7) is 4.20. The lowest BCUT2D eigenvalue weighted by Gasteiger charge is -2.13. The fraction of sp³-hybridized carbons (Fsp3) is 0.385. The highest BCUT2D eigenvalue weighted by Crippen LogP contribution is 2.03. The summed E-state index contributed by atoms with van der Waals surface area (Å²) in [4.78, 5) is 23.0. The van der Waals surface area contributed by atoms with Gasteiger partial charge in [-0.2, -0.15) is 0 Å². The normalized spacial score (nSPS) is 11.4. The number of likely N-dealkylation sites (N-methyl/N-ethyl adjacent to an activating group) is 1. The maximum atomic E-state index is 11.6. The van der Waals surface area contributed by atoms with Crippen molar-refractivity contribution in [1.29, 1.82) is 0 Å². The molecule has 5 nitrogen and oxygen atoms in total. The number of para-hydroxylation sites is 1. The van der Waals surface area contributed by atoms with E-state index in [4.69, 9.17) is 0 Å². The van der Waals surface area contributed by atoms with E-state index in [-0.39, 0.29) is 18.4 Å². The number of hydrogen-bond acceptors (Lipinski definition) is 3. The molecule has 1 aromatic rings. The number of benzene rings is 1. The number of carbonyl (C=O) groups is 2. The van der Waals surface area contributed by atoms with Crippen molar-refractivity contribution in [2.45, 2.75) is 19.9 Å². The highest BCUT2D eigenvalue weighted by molar-refractivity contribution is 5.88. The predicted molar refractivity (Wildman–Crippen MR) is 71.2 cm³/mol. The topological polar surface area (TPSA) is 70.2 Å². The van der Waals surface area contributed by atoms with Crippen LogP contribution < -0.4 is 16.0 Å². The van der Waals surface area contributed by atoms with Crippen LogP contribution in [-0.4, -0.2) is 30.9 Å². The van der Waals surface area contributed by atoms with Gasteiger partial charge in [-0.1, -0.05) is 18.2 Å². The third kappa shape index (κ3) is 4.86. The Hall–Kier alpha value is -2.04. The summed E-state index contributed by atoms with van der Waals surface area (Å²) in [5.74, 6) is -0.386. The molecule has 98 valence electrons. The van der Waals surface area contributed by atoms with E-state index in [0.717, 1.165) is 5.69 Å². The van der Waals surface area contributed by atoms with Gasteiger partial charge in [0, 0.05) is 12.2 Å². The van der Waals surface area contributed by atoms with Crippen LogP contribution in [0.15, 0.2) is 30.3 Å². The summed E-state index contributed by atoms with van der Waals surface area (Å²) in [6, 6.07) is 8.91. The molecule has 0 saturated carbocycles. The lowest BCUT2D eigenvalue weighted by molar-refractivity contribution is -0.127. The highest BCUT2D eigenvalue weighted by Gasteiger charge is 2.13. The van der Waals surface area contributed by atoms with Crippen molar-refractivity contribution in [2.75, 3.05) is 18.4 Å². The van der Waals surface area contributed by atoms with Crippen LogP contribution in [0.25, 0.3) is 0 Å². The van der Waals surface area contributed by atoms with Gasteiger partial charge in [-0.05, 0) is 26.0 Å². The standard InChI is InChI=1S/C13H19N3O2/c1-3-14-13(18)10(2)16-12(17)9-15-11-7-5-4-6-8-11/h4-8,10,15H,3,9H2,1-2H3,(H,14,18)(H,16,17). The molecule has 0 aliphatic carbocycles. The first kappa shape index (κ1) is 14.0. The molecule has 1 rings (SSSR count). The number of hydrogen-bond donors (Lipinski definition) is 3. The first-order chi connectivity index (χ1) is 8.63. The molecule has 0 saturated heterocycles. The first-order valence-electron chi connectivity index (χ1n) is 5.99. The maximum absolute atomic E-state index is 11.6. The molecule has 1 atom stereocenters. The van der Waals surface area contributed by atoms with E-state index >= 15 is 0 Å². The van der Waals surface area contributed by atoms with Crippen LogP contribution in [0.4, 0.5) is 5.69 Å². The molecule has 0 bridgehead atoms. The van der Waals surface area contributed by atoms with E-state index in [0.29, 0.717) is 6.54 Å². The number of carbonyl (C=O) groups excluding carboxylic acids is 2. The monoisotopic (exact) mass is 249 g/mol. The predicted octanol–water partition coefficient (Wildman–Crippen LogP) is 0.739. The Balaban J connectivity index is 2.31. The highest BCUT2D eigenvalue weighted by atomic mass is 16.2. The van der Waals surface area contributed by atoms with Crippen molar-refractivity contribution in [1.82, 2.24) is 10.6 Å². The molecule has 3 N–H and O–H groups in total. The Kier molecular flexibility index (Phi) is 5.70. The fourth-order valence-corrected chi connectivity index (χ4v) is 1.42. The number of amides is 2. The van der Waals surface area contributed by atoms with E-state index in [2.05, 4.69) is 16.0 Å². The summed E-state index contributed by atoms with van der Waals surface area (Å²) >= 11 is 0. The lowest BCUT2D eigenvalue weighted by Crippen LogP contribution is -2.46.